The number of amides is 1. The minimum absolute atomic E-state index is 0.00848. The van der Waals surface area contributed by atoms with Gasteiger partial charge in [0, 0.05) is 25.2 Å². The second kappa shape index (κ2) is 7.63. The Bertz CT molecular complexity index is 577. The quantitative estimate of drug-likeness (QED) is 0.791. The smallest absolute Gasteiger partial charge is 0.342 e. The van der Waals surface area contributed by atoms with Gasteiger partial charge in [-0.15, -0.1) is 0 Å². The van der Waals surface area contributed by atoms with E-state index in [0.29, 0.717) is 18.6 Å². The van der Waals surface area contributed by atoms with Gasteiger partial charge in [-0.2, -0.15) is 26.3 Å². The van der Waals surface area contributed by atoms with Crippen LogP contribution in [0.2, 0.25) is 0 Å². The highest BCUT2D eigenvalue weighted by Gasteiger charge is 2.37. The lowest BCUT2D eigenvalue weighted by Crippen LogP contribution is -2.34. The molecule has 0 saturated carbocycles. The summed E-state index contributed by atoms with van der Waals surface area (Å²) in [5.74, 6) is -0.790. The number of alkyl halides is 6. The molecule has 25 heavy (non-hydrogen) atoms. The highest BCUT2D eigenvalue weighted by Crippen LogP contribution is 2.36. The van der Waals surface area contributed by atoms with Crippen LogP contribution in [0.1, 0.15) is 41.8 Å². The van der Waals surface area contributed by atoms with E-state index in [1.807, 2.05) is 13.8 Å². The monoisotopic (exact) mass is 370 g/mol. The van der Waals surface area contributed by atoms with E-state index >= 15 is 0 Å². The van der Waals surface area contributed by atoms with E-state index in [2.05, 4.69) is 0 Å². The SMILES string of the molecule is CC(C)C(N)CCN(C)C(=O)c1cc(C(F)(F)F)cc(C(F)(F)F)c1. The molecule has 142 valence electrons. The van der Waals surface area contributed by atoms with Gasteiger partial charge in [-0.05, 0) is 30.5 Å². The number of nitrogens with two attached hydrogens (primary N) is 1. The van der Waals surface area contributed by atoms with Crippen LogP contribution in [0.15, 0.2) is 18.2 Å². The van der Waals surface area contributed by atoms with Gasteiger partial charge in [0.25, 0.3) is 5.91 Å². The predicted molar refractivity (Wildman–Crippen MR) is 80.8 cm³/mol. The number of rotatable bonds is 5. The summed E-state index contributed by atoms with van der Waals surface area (Å²) in [6.07, 6.45) is -9.60. The number of benzene rings is 1. The molecular weight excluding hydrogens is 350 g/mol. The Morgan fingerprint density at radius 1 is 1.04 bits per heavy atom. The van der Waals surface area contributed by atoms with Crippen molar-refractivity contribution in [1.29, 1.82) is 0 Å². The van der Waals surface area contributed by atoms with Gasteiger partial charge in [0.15, 0.2) is 0 Å². The molecule has 3 nitrogen and oxygen atoms in total. The van der Waals surface area contributed by atoms with Crippen molar-refractivity contribution in [1.82, 2.24) is 4.90 Å². The molecule has 9 heteroatoms. The van der Waals surface area contributed by atoms with Crippen molar-refractivity contribution in [3.63, 3.8) is 0 Å². The molecule has 1 aromatic rings. The summed E-state index contributed by atoms with van der Waals surface area (Å²) in [5, 5.41) is 0. The second-order valence-electron chi connectivity index (χ2n) is 6.22. The van der Waals surface area contributed by atoms with Crippen molar-refractivity contribution < 1.29 is 31.1 Å². The van der Waals surface area contributed by atoms with Gasteiger partial charge in [0.1, 0.15) is 0 Å². The number of nitrogens with zero attached hydrogens (tertiary/aromatic N) is 1. The van der Waals surface area contributed by atoms with Crippen LogP contribution >= 0.6 is 0 Å². The maximum Gasteiger partial charge on any atom is 0.416 e. The van der Waals surface area contributed by atoms with Gasteiger partial charge < -0.3 is 10.6 Å². The first-order chi connectivity index (χ1) is 11.2. The van der Waals surface area contributed by atoms with Gasteiger partial charge in [0.05, 0.1) is 11.1 Å². The van der Waals surface area contributed by atoms with Crippen molar-refractivity contribution in [2.45, 2.75) is 38.7 Å². The average molecular weight is 370 g/mol. The van der Waals surface area contributed by atoms with E-state index < -0.39 is 35.0 Å². The molecule has 0 fully saturated rings. The van der Waals surface area contributed by atoms with Crippen LogP contribution in [0.3, 0.4) is 0 Å². The zero-order valence-electron chi connectivity index (χ0n) is 14.0. The Morgan fingerprint density at radius 3 is 1.84 bits per heavy atom. The molecule has 0 heterocycles. The van der Waals surface area contributed by atoms with E-state index in [4.69, 9.17) is 5.73 Å². The molecule has 0 saturated heterocycles. The zero-order chi connectivity index (χ0) is 19.6. The molecule has 0 aliphatic rings. The van der Waals surface area contributed by atoms with Crippen LogP contribution < -0.4 is 5.73 Å². The summed E-state index contributed by atoms with van der Waals surface area (Å²) in [6.45, 7) is 3.86. The fraction of sp³-hybridized carbons (Fsp3) is 0.562. The van der Waals surface area contributed by atoms with Gasteiger partial charge in [-0.3, -0.25) is 4.79 Å². The van der Waals surface area contributed by atoms with Crippen LogP contribution in [0.4, 0.5) is 26.3 Å². The van der Waals surface area contributed by atoms with E-state index in [1.165, 1.54) is 7.05 Å². The summed E-state index contributed by atoms with van der Waals surface area (Å²) in [7, 11) is 1.31. The van der Waals surface area contributed by atoms with Crippen LogP contribution in [-0.4, -0.2) is 30.4 Å². The number of halogens is 6. The Hall–Kier alpha value is -1.77. The average Bonchev–Trinajstić information content (AvgIpc) is 2.49. The fourth-order valence-electron chi connectivity index (χ4n) is 2.08. The molecule has 0 spiro atoms. The van der Waals surface area contributed by atoms with Crippen LogP contribution in [0.25, 0.3) is 0 Å². The Morgan fingerprint density at radius 2 is 1.48 bits per heavy atom. The first-order valence-corrected chi connectivity index (χ1v) is 7.54. The van der Waals surface area contributed by atoms with Crippen LogP contribution in [0.5, 0.6) is 0 Å². The van der Waals surface area contributed by atoms with Crippen molar-refractivity contribution in [2.75, 3.05) is 13.6 Å². The molecule has 0 aromatic heterocycles. The summed E-state index contributed by atoms with van der Waals surface area (Å²) in [5.41, 5.74) is 2.13. The maximum absolute atomic E-state index is 12.8. The standard InChI is InChI=1S/C16H20F6N2O/c1-9(2)13(23)4-5-24(3)14(25)10-6-11(15(17,18)19)8-12(7-10)16(20,21)22/h6-9,13H,4-5,23H2,1-3H3. The molecule has 1 aromatic carbocycles. The Labute approximate surface area is 141 Å². The summed E-state index contributed by atoms with van der Waals surface area (Å²) in [6, 6.07) is 0.612. The third kappa shape index (κ3) is 5.91. The number of carbonyl (C=O) groups is 1. The number of hydrogen-bond donors (Lipinski definition) is 1. The molecule has 1 atom stereocenters. The lowest BCUT2D eigenvalue weighted by Gasteiger charge is -2.22. The van der Waals surface area contributed by atoms with Crippen molar-refractivity contribution >= 4 is 5.91 Å². The lowest BCUT2D eigenvalue weighted by atomic mass is 10.0. The number of hydrogen-bond acceptors (Lipinski definition) is 2. The highest BCUT2D eigenvalue weighted by molar-refractivity contribution is 5.94. The van der Waals surface area contributed by atoms with Gasteiger partial charge in [-0.1, -0.05) is 13.8 Å². The van der Waals surface area contributed by atoms with Gasteiger partial charge in [0.2, 0.25) is 0 Å². The molecular formula is C16H20F6N2O. The molecule has 0 aliphatic heterocycles. The van der Waals surface area contributed by atoms with Gasteiger partial charge in [-0.25, -0.2) is 0 Å². The summed E-state index contributed by atoms with van der Waals surface area (Å²) < 4.78 is 77.0. The van der Waals surface area contributed by atoms with Crippen molar-refractivity contribution in [2.24, 2.45) is 11.7 Å². The Balaban J connectivity index is 3.12. The molecule has 1 rings (SSSR count). The third-order valence-corrected chi connectivity index (χ3v) is 3.84. The van der Waals surface area contributed by atoms with E-state index in [9.17, 15) is 31.1 Å². The third-order valence-electron chi connectivity index (χ3n) is 3.84. The number of carbonyl (C=O) groups excluding carboxylic acids is 1. The Kier molecular flexibility index (Phi) is 6.50. The highest BCUT2D eigenvalue weighted by atomic mass is 19.4. The molecule has 2 N–H and O–H groups in total. The largest absolute Gasteiger partial charge is 0.416 e. The minimum atomic E-state index is -4.99. The molecule has 1 unspecified atom stereocenters. The normalized spacial score (nSPS) is 13.9. The fourth-order valence-corrected chi connectivity index (χ4v) is 2.08. The maximum atomic E-state index is 12.8. The topological polar surface area (TPSA) is 46.3 Å². The van der Waals surface area contributed by atoms with Gasteiger partial charge >= 0.3 is 12.4 Å². The summed E-state index contributed by atoms with van der Waals surface area (Å²) in [4.78, 5) is 13.3. The van der Waals surface area contributed by atoms with Crippen molar-refractivity contribution in [3.05, 3.63) is 34.9 Å². The lowest BCUT2D eigenvalue weighted by molar-refractivity contribution is -0.143. The molecule has 1 amide bonds. The van der Waals surface area contributed by atoms with Crippen LogP contribution in [-0.2, 0) is 12.4 Å². The molecule has 0 radical (unpaired) electrons. The predicted octanol–water partition coefficient (Wildman–Crippen LogP) is 4.17. The van der Waals surface area contributed by atoms with Crippen molar-refractivity contribution in [3.8, 4) is 0 Å². The van der Waals surface area contributed by atoms with Crippen LogP contribution in [0, 0.1) is 5.92 Å². The second-order valence-corrected chi connectivity index (χ2v) is 6.22. The minimum Gasteiger partial charge on any atom is -0.342 e. The summed E-state index contributed by atoms with van der Waals surface area (Å²) >= 11 is 0. The first-order valence-electron chi connectivity index (χ1n) is 7.54. The van der Waals surface area contributed by atoms with E-state index in [1.54, 1.807) is 0 Å². The first kappa shape index (κ1) is 21.3. The molecule has 0 bridgehead atoms. The van der Waals surface area contributed by atoms with E-state index in [-0.39, 0.29) is 24.6 Å². The van der Waals surface area contributed by atoms with E-state index in [0.717, 1.165) is 4.90 Å². The zero-order valence-corrected chi connectivity index (χ0v) is 14.0. The molecule has 0 aliphatic carbocycles.